The molecule has 1 fully saturated rings. The van der Waals surface area contributed by atoms with Gasteiger partial charge < -0.3 is 10.1 Å². The van der Waals surface area contributed by atoms with Crippen LogP contribution in [-0.4, -0.2) is 52.0 Å². The molecule has 1 aliphatic rings. The number of aryl methyl sites for hydroxylation is 1. The number of aromatic nitrogens is 1. The third kappa shape index (κ3) is 3.28. The van der Waals surface area contributed by atoms with E-state index in [9.17, 15) is 9.90 Å². The van der Waals surface area contributed by atoms with Crippen LogP contribution in [0.5, 0.6) is 0 Å². The van der Waals surface area contributed by atoms with Gasteiger partial charge in [-0.1, -0.05) is 24.3 Å². The Balaban J connectivity index is 1.54. The second kappa shape index (κ2) is 7.23. The molecule has 26 heavy (non-hydrogen) atoms. The largest absolute Gasteiger partial charge is 0.480 e. The zero-order chi connectivity index (χ0) is 18.1. The summed E-state index contributed by atoms with van der Waals surface area (Å²) in [5.74, 6) is -0.774. The third-order valence-corrected chi connectivity index (χ3v) is 6.04. The van der Waals surface area contributed by atoms with Crippen LogP contribution in [0.3, 0.4) is 0 Å². The minimum atomic E-state index is -0.774. The molecule has 1 saturated heterocycles. The summed E-state index contributed by atoms with van der Waals surface area (Å²) in [4.78, 5) is 21.4. The lowest BCUT2D eigenvalue weighted by atomic mass is 10.0. The number of fused-ring (bicyclic) bond motifs is 1. The van der Waals surface area contributed by atoms with E-state index in [1.54, 1.807) is 11.3 Å². The van der Waals surface area contributed by atoms with E-state index in [2.05, 4.69) is 32.3 Å². The molecule has 1 aromatic carbocycles. The number of nitrogens with zero attached hydrogens (tertiary/aromatic N) is 2. The van der Waals surface area contributed by atoms with Crippen molar-refractivity contribution in [1.29, 1.82) is 0 Å². The Kier molecular flexibility index (Phi) is 4.80. The maximum absolute atomic E-state index is 12.2. The van der Waals surface area contributed by atoms with Gasteiger partial charge in [0.05, 0.1) is 0 Å². The molecule has 1 aliphatic heterocycles. The number of carboxylic acid groups (broad SMARTS) is 1. The standard InChI is InChI=1S/C20H23N3O2S/c1-14-18(16-6-2-3-7-17(16)21-14)19(20(24)25)23-10-8-22(9-11-23)13-15-5-4-12-26-15/h2-7,12,19,21H,8-11,13H2,1H3,(H,24,25)/t19-/m1/s1. The summed E-state index contributed by atoms with van der Waals surface area (Å²) in [6.07, 6.45) is 0. The van der Waals surface area contributed by atoms with Crippen LogP contribution < -0.4 is 0 Å². The first-order chi connectivity index (χ1) is 12.6. The third-order valence-electron chi connectivity index (χ3n) is 5.18. The van der Waals surface area contributed by atoms with Gasteiger partial charge in [0.1, 0.15) is 6.04 Å². The number of aliphatic carboxylic acids is 1. The van der Waals surface area contributed by atoms with Crippen LogP contribution in [0.2, 0.25) is 0 Å². The molecule has 6 heteroatoms. The molecule has 1 atom stereocenters. The van der Waals surface area contributed by atoms with Crippen molar-refractivity contribution in [3.8, 4) is 0 Å². The average molecular weight is 369 g/mol. The minimum absolute atomic E-state index is 0.602. The van der Waals surface area contributed by atoms with Gasteiger partial charge in [0.25, 0.3) is 0 Å². The van der Waals surface area contributed by atoms with Gasteiger partial charge in [0.2, 0.25) is 0 Å². The van der Waals surface area contributed by atoms with Gasteiger partial charge in [-0.2, -0.15) is 0 Å². The highest BCUT2D eigenvalue weighted by molar-refractivity contribution is 7.09. The van der Waals surface area contributed by atoms with Gasteiger partial charge in [-0.15, -0.1) is 11.3 Å². The summed E-state index contributed by atoms with van der Waals surface area (Å²) >= 11 is 1.78. The van der Waals surface area contributed by atoms with E-state index in [4.69, 9.17) is 0 Å². The monoisotopic (exact) mass is 369 g/mol. The fourth-order valence-corrected chi connectivity index (χ4v) is 4.66. The van der Waals surface area contributed by atoms with E-state index in [-0.39, 0.29) is 0 Å². The average Bonchev–Trinajstić information content (AvgIpc) is 3.24. The first-order valence-corrected chi connectivity index (χ1v) is 9.80. The van der Waals surface area contributed by atoms with E-state index in [1.807, 2.05) is 31.2 Å². The van der Waals surface area contributed by atoms with Gasteiger partial charge in [0.15, 0.2) is 0 Å². The highest BCUT2D eigenvalue weighted by atomic mass is 32.1. The van der Waals surface area contributed by atoms with Crippen molar-refractivity contribution in [2.75, 3.05) is 26.2 Å². The molecule has 2 aromatic heterocycles. The molecular formula is C20H23N3O2S. The number of carboxylic acids is 1. The fourth-order valence-electron chi connectivity index (χ4n) is 3.92. The zero-order valence-electron chi connectivity index (χ0n) is 14.8. The van der Waals surface area contributed by atoms with Crippen molar-refractivity contribution in [2.24, 2.45) is 0 Å². The Morgan fingerprint density at radius 2 is 1.96 bits per heavy atom. The Labute approximate surface area is 156 Å². The Morgan fingerprint density at radius 3 is 2.65 bits per heavy atom. The molecule has 0 aliphatic carbocycles. The van der Waals surface area contributed by atoms with E-state index in [0.29, 0.717) is 0 Å². The molecule has 2 N–H and O–H groups in total. The molecule has 0 unspecified atom stereocenters. The highest BCUT2D eigenvalue weighted by Gasteiger charge is 2.33. The second-order valence-corrected chi connectivity index (χ2v) is 7.87. The number of nitrogens with one attached hydrogen (secondary N) is 1. The number of piperazine rings is 1. The number of H-pyrrole nitrogens is 1. The lowest BCUT2D eigenvalue weighted by Gasteiger charge is -2.37. The van der Waals surface area contributed by atoms with E-state index in [1.165, 1.54) is 4.88 Å². The number of para-hydroxylation sites is 1. The summed E-state index contributed by atoms with van der Waals surface area (Å²) in [7, 11) is 0. The van der Waals surface area contributed by atoms with Crippen molar-refractivity contribution in [3.05, 3.63) is 57.9 Å². The Bertz CT molecular complexity index is 895. The van der Waals surface area contributed by atoms with Crippen LogP contribution in [-0.2, 0) is 11.3 Å². The molecule has 0 radical (unpaired) electrons. The summed E-state index contributed by atoms with van der Waals surface area (Å²) < 4.78 is 0. The van der Waals surface area contributed by atoms with Crippen molar-refractivity contribution in [2.45, 2.75) is 19.5 Å². The highest BCUT2D eigenvalue weighted by Crippen LogP contribution is 2.32. The van der Waals surface area contributed by atoms with Crippen LogP contribution in [0.25, 0.3) is 10.9 Å². The fraction of sp³-hybridized carbons (Fsp3) is 0.350. The summed E-state index contributed by atoms with van der Waals surface area (Å²) in [5, 5.41) is 13.1. The minimum Gasteiger partial charge on any atom is -0.480 e. The normalized spacial score (nSPS) is 17.6. The van der Waals surface area contributed by atoms with E-state index < -0.39 is 12.0 Å². The maximum Gasteiger partial charge on any atom is 0.325 e. The Hall–Kier alpha value is -2.15. The summed E-state index contributed by atoms with van der Waals surface area (Å²) in [6.45, 7) is 6.24. The van der Waals surface area contributed by atoms with Gasteiger partial charge in [-0.05, 0) is 24.4 Å². The van der Waals surface area contributed by atoms with Crippen LogP contribution in [0.4, 0.5) is 0 Å². The quantitative estimate of drug-likeness (QED) is 0.723. The molecule has 3 aromatic rings. The number of thiophene rings is 1. The number of aromatic amines is 1. The second-order valence-electron chi connectivity index (χ2n) is 6.84. The number of benzene rings is 1. The number of hydrogen-bond donors (Lipinski definition) is 2. The lowest BCUT2D eigenvalue weighted by Crippen LogP contribution is -2.48. The van der Waals surface area contributed by atoms with Crippen LogP contribution in [0, 0.1) is 6.92 Å². The predicted molar refractivity (Wildman–Crippen MR) is 105 cm³/mol. The molecule has 3 heterocycles. The topological polar surface area (TPSA) is 59.6 Å². The van der Waals surface area contributed by atoms with Crippen molar-refractivity contribution < 1.29 is 9.90 Å². The van der Waals surface area contributed by atoms with Crippen LogP contribution in [0.15, 0.2) is 41.8 Å². The Morgan fingerprint density at radius 1 is 1.19 bits per heavy atom. The van der Waals surface area contributed by atoms with E-state index >= 15 is 0 Å². The molecular weight excluding hydrogens is 346 g/mol. The first kappa shape index (κ1) is 17.3. The summed E-state index contributed by atoms with van der Waals surface area (Å²) in [5.41, 5.74) is 2.85. The molecule has 0 bridgehead atoms. The van der Waals surface area contributed by atoms with Gasteiger partial charge in [-0.25, -0.2) is 0 Å². The zero-order valence-corrected chi connectivity index (χ0v) is 15.6. The molecule has 0 spiro atoms. The molecule has 0 amide bonds. The van der Waals surface area contributed by atoms with Crippen molar-refractivity contribution >= 4 is 28.2 Å². The molecule has 5 nitrogen and oxygen atoms in total. The molecule has 0 saturated carbocycles. The predicted octanol–water partition coefficient (Wildman–Crippen LogP) is 3.48. The number of carbonyl (C=O) groups is 1. The van der Waals surface area contributed by atoms with Gasteiger partial charge in [-0.3, -0.25) is 14.6 Å². The van der Waals surface area contributed by atoms with Crippen molar-refractivity contribution in [1.82, 2.24) is 14.8 Å². The van der Waals surface area contributed by atoms with Gasteiger partial charge in [0, 0.05) is 59.8 Å². The molecule has 136 valence electrons. The molecule has 4 rings (SSSR count). The van der Waals surface area contributed by atoms with Crippen LogP contribution in [0.1, 0.15) is 22.2 Å². The lowest BCUT2D eigenvalue weighted by molar-refractivity contribution is -0.144. The number of hydrogen-bond acceptors (Lipinski definition) is 4. The smallest absolute Gasteiger partial charge is 0.325 e. The first-order valence-electron chi connectivity index (χ1n) is 8.92. The maximum atomic E-state index is 12.2. The SMILES string of the molecule is Cc1[nH]c2ccccc2c1[C@H](C(=O)O)N1CCN(Cc2cccs2)CC1. The van der Waals surface area contributed by atoms with Crippen LogP contribution >= 0.6 is 11.3 Å². The van der Waals surface area contributed by atoms with Crippen molar-refractivity contribution in [3.63, 3.8) is 0 Å². The van der Waals surface area contributed by atoms with Gasteiger partial charge >= 0.3 is 5.97 Å². The van der Waals surface area contributed by atoms with E-state index in [0.717, 1.165) is 54.9 Å². The summed E-state index contributed by atoms with van der Waals surface area (Å²) in [6, 6.07) is 11.6. The number of rotatable bonds is 5.